The fourth-order valence-corrected chi connectivity index (χ4v) is 2.31. The molecule has 1 atom stereocenters. The third kappa shape index (κ3) is 4.45. The average molecular weight is 363 g/mol. The quantitative estimate of drug-likeness (QED) is 0.463. The molecule has 1 rings (SSSR count). The lowest BCUT2D eigenvalue weighted by atomic mass is 9.99. The van der Waals surface area contributed by atoms with E-state index < -0.39 is 11.9 Å². The topological polar surface area (TPSA) is 72.6 Å². The molecule has 0 aliphatic carbocycles. The molecule has 5 heteroatoms. The molecule has 0 saturated carbocycles. The highest BCUT2D eigenvalue weighted by Crippen LogP contribution is 2.29. The number of hydrogen-bond acceptors (Lipinski definition) is 3. The first-order chi connectivity index (χ1) is 8.48. The molecule has 18 heavy (non-hydrogen) atoms. The van der Waals surface area contributed by atoms with Gasteiger partial charge in [-0.15, -0.1) is 0 Å². The van der Waals surface area contributed by atoms with E-state index in [4.69, 9.17) is 10.5 Å². The van der Waals surface area contributed by atoms with Crippen LogP contribution in [-0.2, 0) is 10.5 Å². The van der Waals surface area contributed by atoms with E-state index in [1.54, 1.807) is 12.1 Å². The minimum Gasteiger partial charge on any atom is -0.413 e. The summed E-state index contributed by atoms with van der Waals surface area (Å²) in [4.78, 5) is 10.9. The maximum Gasteiger partial charge on any atom is 0.407 e. The van der Waals surface area contributed by atoms with Gasteiger partial charge in [-0.2, -0.15) is 0 Å². The van der Waals surface area contributed by atoms with Gasteiger partial charge in [0.15, 0.2) is 0 Å². The molecule has 0 fully saturated rings. The third-order valence-corrected chi connectivity index (χ3v) is 3.34. The van der Waals surface area contributed by atoms with Crippen molar-refractivity contribution in [1.29, 1.82) is 0 Å². The van der Waals surface area contributed by atoms with Gasteiger partial charge in [-0.1, -0.05) is 31.9 Å². The van der Waals surface area contributed by atoms with E-state index >= 15 is 0 Å². The Balaban J connectivity index is 2.92. The molecule has 0 spiro atoms. The van der Waals surface area contributed by atoms with Crippen molar-refractivity contribution in [2.24, 2.45) is 5.73 Å². The van der Waals surface area contributed by atoms with Crippen molar-refractivity contribution in [3.8, 4) is 0 Å². The normalized spacial score (nSPS) is 13.9. The fourth-order valence-electron chi connectivity index (χ4n) is 1.77. The highest BCUT2D eigenvalue weighted by atomic mass is 127. The van der Waals surface area contributed by atoms with Crippen molar-refractivity contribution in [3.05, 3.63) is 33.4 Å². The third-order valence-electron chi connectivity index (χ3n) is 2.66. The molecule has 0 aliphatic rings. The summed E-state index contributed by atoms with van der Waals surface area (Å²) in [6.07, 6.45) is 2.15. The van der Waals surface area contributed by atoms with Crippen LogP contribution in [0.3, 0.4) is 0 Å². The molecule has 0 aromatic heterocycles. The van der Waals surface area contributed by atoms with E-state index in [1.807, 2.05) is 12.1 Å². The van der Waals surface area contributed by atoms with Gasteiger partial charge >= 0.3 is 6.09 Å². The van der Waals surface area contributed by atoms with E-state index in [9.17, 15) is 9.90 Å². The van der Waals surface area contributed by atoms with Crippen molar-refractivity contribution in [2.45, 2.75) is 38.4 Å². The number of halogens is 1. The highest BCUT2D eigenvalue weighted by molar-refractivity contribution is 14.1. The molecular formula is C13H18INO3. The van der Waals surface area contributed by atoms with E-state index in [0.717, 1.165) is 22.8 Å². The molecule has 0 bridgehead atoms. The minimum atomic E-state index is -1.62. The number of primary amides is 1. The SMILES string of the molecule is CCCCC[C@@](O)(OC(N)=O)c1cccc(I)c1. The first kappa shape index (κ1) is 15.2. The first-order valence-corrected chi connectivity index (χ1v) is 7.02. The van der Waals surface area contributed by atoms with Gasteiger partial charge < -0.3 is 15.6 Å². The van der Waals surface area contributed by atoms with Crippen LogP contribution in [0, 0.1) is 3.57 Å². The van der Waals surface area contributed by atoms with Crippen LogP contribution in [0.25, 0.3) is 0 Å². The van der Waals surface area contributed by atoms with E-state index in [0.29, 0.717) is 12.0 Å². The summed E-state index contributed by atoms with van der Waals surface area (Å²) in [6.45, 7) is 2.07. The summed E-state index contributed by atoms with van der Waals surface area (Å²) in [5, 5.41) is 10.5. The number of unbranched alkanes of at least 4 members (excludes halogenated alkanes) is 2. The maximum absolute atomic E-state index is 10.9. The number of carbonyl (C=O) groups is 1. The number of nitrogens with two attached hydrogens (primary N) is 1. The van der Waals surface area contributed by atoms with Gasteiger partial charge in [0.05, 0.1) is 0 Å². The van der Waals surface area contributed by atoms with Gasteiger partial charge in [-0.05, 0) is 41.1 Å². The van der Waals surface area contributed by atoms with Crippen LogP contribution < -0.4 is 5.73 Å². The number of benzene rings is 1. The predicted molar refractivity (Wildman–Crippen MR) is 77.9 cm³/mol. The van der Waals surface area contributed by atoms with E-state index in [1.165, 1.54) is 0 Å². The monoisotopic (exact) mass is 363 g/mol. The Hall–Kier alpha value is -0.820. The number of amides is 1. The average Bonchev–Trinajstić information content (AvgIpc) is 2.28. The van der Waals surface area contributed by atoms with Gasteiger partial charge in [0.2, 0.25) is 5.79 Å². The minimum absolute atomic E-state index is 0.351. The summed E-state index contributed by atoms with van der Waals surface area (Å²) in [7, 11) is 0. The standard InChI is InChI=1S/C13H18INO3/c1-2-3-4-8-13(17,18-12(15)16)10-6-5-7-11(14)9-10/h5-7,9,17H,2-4,8H2,1H3,(H2,15,16)/t13-/m1/s1. The van der Waals surface area contributed by atoms with E-state index in [-0.39, 0.29) is 0 Å². The van der Waals surface area contributed by atoms with Crippen LogP contribution >= 0.6 is 22.6 Å². The number of ether oxygens (including phenoxy) is 1. The summed E-state index contributed by atoms with van der Waals surface area (Å²) < 4.78 is 5.88. The molecular weight excluding hydrogens is 345 g/mol. The zero-order valence-corrected chi connectivity index (χ0v) is 12.5. The second-order valence-electron chi connectivity index (χ2n) is 4.17. The van der Waals surface area contributed by atoms with Crippen molar-refractivity contribution in [3.63, 3.8) is 0 Å². The Morgan fingerprint density at radius 1 is 1.50 bits per heavy atom. The lowest BCUT2D eigenvalue weighted by Gasteiger charge is -2.27. The van der Waals surface area contributed by atoms with Crippen molar-refractivity contribution < 1.29 is 14.6 Å². The van der Waals surface area contributed by atoms with E-state index in [2.05, 4.69) is 29.5 Å². The van der Waals surface area contributed by atoms with Crippen LogP contribution in [0.15, 0.2) is 24.3 Å². The molecule has 1 aromatic carbocycles. The lowest BCUT2D eigenvalue weighted by molar-refractivity contribution is -0.174. The van der Waals surface area contributed by atoms with Crippen molar-refractivity contribution >= 4 is 28.7 Å². The van der Waals surface area contributed by atoms with Crippen LogP contribution in [0.4, 0.5) is 4.79 Å². The first-order valence-electron chi connectivity index (χ1n) is 5.95. The Morgan fingerprint density at radius 2 is 2.22 bits per heavy atom. The molecule has 0 saturated heterocycles. The number of rotatable bonds is 6. The molecule has 0 unspecified atom stereocenters. The van der Waals surface area contributed by atoms with Crippen LogP contribution in [0.5, 0.6) is 0 Å². The van der Waals surface area contributed by atoms with Crippen LogP contribution in [0.1, 0.15) is 38.2 Å². The summed E-state index contributed by atoms with van der Waals surface area (Å²) in [5.74, 6) is -1.62. The molecule has 100 valence electrons. The lowest BCUT2D eigenvalue weighted by Crippen LogP contribution is -2.34. The summed E-state index contributed by atoms with van der Waals surface area (Å²) >= 11 is 2.14. The predicted octanol–water partition coefficient (Wildman–Crippen LogP) is 3.11. The molecule has 1 aromatic rings. The van der Waals surface area contributed by atoms with Crippen LogP contribution in [0.2, 0.25) is 0 Å². The zero-order chi connectivity index (χ0) is 13.6. The number of hydrogen-bond donors (Lipinski definition) is 2. The van der Waals surface area contributed by atoms with Gasteiger partial charge in [0, 0.05) is 15.6 Å². The molecule has 0 radical (unpaired) electrons. The maximum atomic E-state index is 10.9. The highest BCUT2D eigenvalue weighted by Gasteiger charge is 2.32. The largest absolute Gasteiger partial charge is 0.413 e. The number of aliphatic hydroxyl groups is 1. The molecule has 4 nitrogen and oxygen atoms in total. The Kier molecular flexibility index (Phi) is 5.87. The molecule has 1 amide bonds. The Labute approximate surface area is 121 Å². The Bertz CT molecular complexity index is 411. The number of carbonyl (C=O) groups excluding carboxylic acids is 1. The molecule has 0 heterocycles. The Morgan fingerprint density at radius 3 is 2.78 bits per heavy atom. The smallest absolute Gasteiger partial charge is 0.407 e. The van der Waals surface area contributed by atoms with Gasteiger partial charge in [0.25, 0.3) is 0 Å². The van der Waals surface area contributed by atoms with Gasteiger partial charge in [-0.3, -0.25) is 0 Å². The van der Waals surface area contributed by atoms with Crippen molar-refractivity contribution in [2.75, 3.05) is 0 Å². The second-order valence-corrected chi connectivity index (χ2v) is 5.42. The van der Waals surface area contributed by atoms with Crippen LogP contribution in [-0.4, -0.2) is 11.2 Å². The second kappa shape index (κ2) is 6.94. The molecule has 3 N–H and O–H groups in total. The molecule has 0 aliphatic heterocycles. The van der Waals surface area contributed by atoms with Gasteiger partial charge in [-0.25, -0.2) is 4.79 Å². The zero-order valence-electron chi connectivity index (χ0n) is 10.4. The fraction of sp³-hybridized carbons (Fsp3) is 0.462. The van der Waals surface area contributed by atoms with Crippen molar-refractivity contribution in [1.82, 2.24) is 0 Å². The van der Waals surface area contributed by atoms with Gasteiger partial charge in [0.1, 0.15) is 0 Å². The summed E-state index contributed by atoms with van der Waals surface area (Å²) in [6, 6.07) is 7.24. The summed E-state index contributed by atoms with van der Waals surface area (Å²) in [5.41, 5.74) is 5.59.